The van der Waals surface area contributed by atoms with Gasteiger partial charge in [0, 0.05) is 18.0 Å². The van der Waals surface area contributed by atoms with Crippen molar-refractivity contribution in [3.63, 3.8) is 0 Å². The molecular formula is C12H18N2OS. The van der Waals surface area contributed by atoms with Gasteiger partial charge in [0.2, 0.25) is 0 Å². The Kier molecular flexibility index (Phi) is 4.35. The van der Waals surface area contributed by atoms with E-state index in [0.717, 1.165) is 17.7 Å². The minimum atomic E-state index is -1.21. The van der Waals surface area contributed by atoms with Crippen LogP contribution in [0.3, 0.4) is 0 Å². The summed E-state index contributed by atoms with van der Waals surface area (Å²) in [6, 6.07) is 3.80. The Morgan fingerprint density at radius 2 is 2.19 bits per heavy atom. The monoisotopic (exact) mass is 238 g/mol. The zero-order valence-corrected chi connectivity index (χ0v) is 11.0. The number of aromatic nitrogens is 1. The van der Waals surface area contributed by atoms with Gasteiger partial charge in [-0.3, -0.25) is 4.98 Å². The fraction of sp³-hybridized carbons (Fsp3) is 0.500. The third-order valence-corrected chi connectivity index (χ3v) is 3.48. The van der Waals surface area contributed by atoms with Crippen LogP contribution in [0.4, 0.5) is 0 Å². The first kappa shape index (κ1) is 13.0. The van der Waals surface area contributed by atoms with Crippen molar-refractivity contribution < 1.29 is 4.21 Å². The van der Waals surface area contributed by atoms with Crippen molar-refractivity contribution in [2.75, 3.05) is 0 Å². The summed E-state index contributed by atoms with van der Waals surface area (Å²) in [6.45, 7) is 7.76. The van der Waals surface area contributed by atoms with Gasteiger partial charge in [-0.25, -0.2) is 4.21 Å². The minimum Gasteiger partial charge on any atom is -0.264 e. The average Bonchev–Trinajstić information content (AvgIpc) is 2.25. The van der Waals surface area contributed by atoms with E-state index in [4.69, 9.17) is 0 Å². The van der Waals surface area contributed by atoms with E-state index in [9.17, 15) is 4.21 Å². The molecule has 1 heterocycles. The molecule has 0 spiro atoms. The second-order valence-corrected chi connectivity index (χ2v) is 6.40. The molecule has 0 amide bonds. The molecule has 0 aliphatic heterocycles. The molecule has 3 nitrogen and oxygen atoms in total. The van der Waals surface area contributed by atoms with Gasteiger partial charge < -0.3 is 0 Å². The van der Waals surface area contributed by atoms with E-state index in [-0.39, 0.29) is 4.75 Å². The molecular weight excluding hydrogens is 220 g/mol. The molecule has 0 saturated heterocycles. The Bertz CT molecular complexity index is 393. The van der Waals surface area contributed by atoms with Crippen LogP contribution >= 0.6 is 0 Å². The number of rotatable bonds is 3. The third kappa shape index (κ3) is 3.52. The standard InChI is InChI=1S/C12H18N2OS/c1-5-11(10-7-6-8-13-9-10)14-16(15)12(2,3)4/h6-9H,5H2,1-4H3/b14-11+. The van der Waals surface area contributed by atoms with Crippen LogP contribution < -0.4 is 0 Å². The molecule has 88 valence electrons. The first-order valence-electron chi connectivity index (χ1n) is 5.35. The zero-order chi connectivity index (χ0) is 12.2. The predicted octanol–water partition coefficient (Wildman–Crippen LogP) is 2.74. The molecule has 1 aromatic heterocycles. The maximum atomic E-state index is 11.9. The lowest BCUT2D eigenvalue weighted by Crippen LogP contribution is -2.21. The van der Waals surface area contributed by atoms with Gasteiger partial charge in [-0.1, -0.05) is 13.0 Å². The van der Waals surface area contributed by atoms with E-state index >= 15 is 0 Å². The lowest BCUT2D eigenvalue weighted by atomic mass is 10.1. The first-order valence-corrected chi connectivity index (χ1v) is 6.45. The summed E-state index contributed by atoms with van der Waals surface area (Å²) in [5.41, 5.74) is 1.80. The van der Waals surface area contributed by atoms with Crippen LogP contribution in [-0.4, -0.2) is 19.7 Å². The molecule has 0 aromatic carbocycles. The normalized spacial score (nSPS) is 14.9. The van der Waals surface area contributed by atoms with Crippen molar-refractivity contribution in [3.05, 3.63) is 30.1 Å². The van der Waals surface area contributed by atoms with Crippen LogP contribution in [0.1, 0.15) is 39.7 Å². The topological polar surface area (TPSA) is 42.3 Å². The summed E-state index contributed by atoms with van der Waals surface area (Å²) < 4.78 is 15.9. The molecule has 0 bridgehead atoms. The van der Waals surface area contributed by atoms with Crippen molar-refractivity contribution in [2.24, 2.45) is 4.40 Å². The molecule has 0 saturated carbocycles. The molecule has 0 fully saturated rings. The molecule has 16 heavy (non-hydrogen) atoms. The lowest BCUT2D eigenvalue weighted by molar-refractivity contribution is 0.650. The van der Waals surface area contributed by atoms with Crippen molar-refractivity contribution in [3.8, 4) is 0 Å². The van der Waals surface area contributed by atoms with E-state index in [0.29, 0.717) is 0 Å². The van der Waals surface area contributed by atoms with Crippen molar-refractivity contribution in [2.45, 2.75) is 38.9 Å². The second-order valence-electron chi connectivity index (χ2n) is 4.49. The van der Waals surface area contributed by atoms with Crippen LogP contribution in [0, 0.1) is 0 Å². The maximum Gasteiger partial charge on any atom is 0.145 e. The number of nitrogens with zero attached hydrogens (tertiary/aromatic N) is 2. The van der Waals surface area contributed by atoms with Crippen LogP contribution in [-0.2, 0) is 11.0 Å². The SMILES string of the molecule is CC/C(=N\S(=O)C(C)(C)C)c1cccnc1. The number of pyridine rings is 1. The summed E-state index contributed by atoms with van der Waals surface area (Å²) in [7, 11) is -1.21. The Morgan fingerprint density at radius 1 is 1.50 bits per heavy atom. The molecule has 1 atom stereocenters. The summed E-state index contributed by atoms with van der Waals surface area (Å²) in [5, 5.41) is 0. The van der Waals surface area contributed by atoms with Crippen molar-refractivity contribution in [1.82, 2.24) is 4.98 Å². The first-order chi connectivity index (χ1) is 7.45. The van der Waals surface area contributed by atoms with Gasteiger partial charge in [0.05, 0.1) is 10.5 Å². The smallest absolute Gasteiger partial charge is 0.145 e. The lowest BCUT2D eigenvalue weighted by Gasteiger charge is -2.14. The average molecular weight is 238 g/mol. The van der Waals surface area contributed by atoms with Crippen LogP contribution in [0.25, 0.3) is 0 Å². The Morgan fingerprint density at radius 3 is 2.62 bits per heavy atom. The van der Waals surface area contributed by atoms with Gasteiger partial charge in [-0.2, -0.15) is 4.40 Å². The summed E-state index contributed by atoms with van der Waals surface area (Å²) in [4.78, 5) is 4.04. The van der Waals surface area contributed by atoms with Crippen LogP contribution in [0.5, 0.6) is 0 Å². The molecule has 0 aliphatic rings. The minimum absolute atomic E-state index is 0.317. The zero-order valence-electron chi connectivity index (χ0n) is 10.2. The number of hydrogen-bond acceptors (Lipinski definition) is 2. The van der Waals surface area contributed by atoms with E-state index in [2.05, 4.69) is 9.38 Å². The highest BCUT2D eigenvalue weighted by molar-refractivity contribution is 7.85. The largest absolute Gasteiger partial charge is 0.264 e. The molecule has 0 aliphatic carbocycles. The Labute approximate surface area is 99.6 Å². The highest BCUT2D eigenvalue weighted by atomic mass is 32.2. The van der Waals surface area contributed by atoms with E-state index in [1.54, 1.807) is 12.4 Å². The molecule has 4 heteroatoms. The van der Waals surface area contributed by atoms with Gasteiger partial charge >= 0.3 is 0 Å². The van der Waals surface area contributed by atoms with Gasteiger partial charge in [-0.05, 0) is 33.3 Å². The third-order valence-electron chi connectivity index (χ3n) is 2.05. The van der Waals surface area contributed by atoms with E-state index < -0.39 is 11.0 Å². The Hall–Kier alpha value is -1.03. The highest BCUT2D eigenvalue weighted by Crippen LogP contribution is 2.14. The van der Waals surface area contributed by atoms with Gasteiger partial charge in [-0.15, -0.1) is 0 Å². The molecule has 0 radical (unpaired) electrons. The molecule has 1 aromatic rings. The fourth-order valence-corrected chi connectivity index (χ4v) is 1.80. The quantitative estimate of drug-likeness (QED) is 0.760. The second kappa shape index (κ2) is 5.34. The van der Waals surface area contributed by atoms with Crippen LogP contribution in [0.15, 0.2) is 28.9 Å². The van der Waals surface area contributed by atoms with Gasteiger partial charge in [0.25, 0.3) is 0 Å². The number of hydrogen-bond donors (Lipinski definition) is 0. The molecule has 0 N–H and O–H groups in total. The highest BCUT2D eigenvalue weighted by Gasteiger charge is 2.19. The molecule has 1 rings (SSSR count). The maximum absolute atomic E-state index is 11.9. The summed E-state index contributed by atoms with van der Waals surface area (Å²) >= 11 is 0. The van der Waals surface area contributed by atoms with Crippen molar-refractivity contribution >= 4 is 16.7 Å². The van der Waals surface area contributed by atoms with E-state index in [1.807, 2.05) is 39.8 Å². The predicted molar refractivity (Wildman–Crippen MR) is 69.0 cm³/mol. The van der Waals surface area contributed by atoms with Crippen LogP contribution in [0.2, 0.25) is 0 Å². The Balaban J connectivity index is 3.00. The van der Waals surface area contributed by atoms with E-state index in [1.165, 1.54) is 0 Å². The molecule has 1 unspecified atom stereocenters. The fourth-order valence-electron chi connectivity index (χ4n) is 1.09. The van der Waals surface area contributed by atoms with Gasteiger partial charge in [0.1, 0.15) is 11.0 Å². The van der Waals surface area contributed by atoms with Crippen molar-refractivity contribution in [1.29, 1.82) is 0 Å². The summed E-state index contributed by atoms with van der Waals surface area (Å²) in [6.07, 6.45) is 4.23. The summed E-state index contributed by atoms with van der Waals surface area (Å²) in [5.74, 6) is 0. The van der Waals surface area contributed by atoms with Gasteiger partial charge in [0.15, 0.2) is 0 Å².